The Morgan fingerprint density at radius 1 is 1.47 bits per heavy atom. The van der Waals surface area contributed by atoms with Gasteiger partial charge in [0, 0.05) is 18.0 Å². The molecule has 1 N–H and O–H groups in total. The molecule has 2 aromatic heterocycles. The highest BCUT2D eigenvalue weighted by molar-refractivity contribution is 5.87. The highest BCUT2D eigenvalue weighted by Gasteiger charge is 2.13. The van der Waals surface area contributed by atoms with Gasteiger partial charge in [-0.1, -0.05) is 5.16 Å². The van der Waals surface area contributed by atoms with Crippen LogP contribution in [-0.2, 0) is 18.3 Å². The molecule has 0 bridgehead atoms. The molecule has 0 fully saturated rings. The van der Waals surface area contributed by atoms with Crippen molar-refractivity contribution in [3.05, 3.63) is 30.1 Å². The van der Waals surface area contributed by atoms with Crippen LogP contribution < -0.4 is 0 Å². The topological polar surface area (TPSA) is 94.0 Å². The monoisotopic (exact) mass is 258 g/mol. The van der Waals surface area contributed by atoms with E-state index in [1.807, 2.05) is 12.1 Å². The fourth-order valence-corrected chi connectivity index (χ4v) is 1.90. The average Bonchev–Trinajstić information content (AvgIpc) is 2.95. The van der Waals surface area contributed by atoms with Gasteiger partial charge in [-0.25, -0.2) is 0 Å². The second kappa shape index (κ2) is 4.20. The normalized spacial score (nSPS) is 11.0. The second-order valence-electron chi connectivity index (χ2n) is 4.13. The number of carboxylic acid groups (broad SMARTS) is 1. The summed E-state index contributed by atoms with van der Waals surface area (Å²) in [5.74, 6) is -0.944. The number of carboxylic acids is 1. The molecule has 0 aliphatic rings. The molecule has 3 rings (SSSR count). The molecule has 7 heteroatoms. The Morgan fingerprint density at radius 2 is 2.32 bits per heavy atom. The number of nitrogens with zero attached hydrogens (tertiary/aromatic N) is 4. The van der Waals surface area contributed by atoms with Crippen molar-refractivity contribution in [3.63, 3.8) is 0 Å². The minimum Gasteiger partial charge on any atom is -0.481 e. The lowest BCUT2D eigenvalue weighted by Gasteiger charge is -1.96. The summed E-state index contributed by atoms with van der Waals surface area (Å²) >= 11 is 0. The first-order valence-electron chi connectivity index (χ1n) is 5.60. The summed E-state index contributed by atoms with van der Waals surface area (Å²) in [4.78, 5) is 12.2. The molecule has 0 aliphatic carbocycles. The van der Waals surface area contributed by atoms with Crippen LogP contribution in [0.4, 0.5) is 0 Å². The smallest absolute Gasteiger partial charge is 0.309 e. The number of carbonyl (C=O) groups is 1. The van der Waals surface area contributed by atoms with Crippen molar-refractivity contribution in [1.82, 2.24) is 20.2 Å². The molecular formula is C12H10N4O3. The van der Waals surface area contributed by atoms with Gasteiger partial charge in [0.1, 0.15) is 11.4 Å². The van der Waals surface area contributed by atoms with Crippen molar-refractivity contribution in [2.45, 2.75) is 6.42 Å². The molecule has 0 aliphatic heterocycles. The van der Waals surface area contributed by atoms with E-state index in [4.69, 9.17) is 9.63 Å². The van der Waals surface area contributed by atoms with Crippen molar-refractivity contribution in [2.24, 2.45) is 7.05 Å². The molecule has 2 heterocycles. The van der Waals surface area contributed by atoms with Crippen LogP contribution in [-0.4, -0.2) is 31.2 Å². The van der Waals surface area contributed by atoms with E-state index in [2.05, 4.69) is 15.4 Å². The highest BCUT2D eigenvalue weighted by atomic mass is 16.5. The summed E-state index contributed by atoms with van der Waals surface area (Å²) in [5, 5.41) is 21.5. The van der Waals surface area contributed by atoms with E-state index in [0.29, 0.717) is 22.4 Å². The minimum absolute atomic E-state index is 0.170. The lowest BCUT2D eigenvalue weighted by molar-refractivity contribution is -0.136. The Bertz CT molecular complexity index is 759. The molecule has 0 atom stereocenters. The zero-order valence-electron chi connectivity index (χ0n) is 10.1. The van der Waals surface area contributed by atoms with Crippen LogP contribution in [0.3, 0.4) is 0 Å². The van der Waals surface area contributed by atoms with Crippen molar-refractivity contribution in [2.75, 3.05) is 0 Å². The van der Waals surface area contributed by atoms with Crippen LogP contribution in [0.25, 0.3) is 22.2 Å². The first-order chi connectivity index (χ1) is 9.13. The van der Waals surface area contributed by atoms with E-state index < -0.39 is 5.97 Å². The summed E-state index contributed by atoms with van der Waals surface area (Å²) in [6.07, 6.45) is 1.47. The number of rotatable bonds is 3. The minimum atomic E-state index is -0.944. The Morgan fingerprint density at radius 3 is 3.00 bits per heavy atom. The van der Waals surface area contributed by atoms with E-state index in [9.17, 15) is 4.79 Å². The van der Waals surface area contributed by atoms with Gasteiger partial charge in [0.05, 0.1) is 12.6 Å². The van der Waals surface area contributed by atoms with Crippen LogP contribution in [0.15, 0.2) is 28.9 Å². The van der Waals surface area contributed by atoms with Crippen LogP contribution >= 0.6 is 0 Å². The fourth-order valence-electron chi connectivity index (χ4n) is 1.90. The van der Waals surface area contributed by atoms with Gasteiger partial charge in [-0.2, -0.15) is 15.0 Å². The predicted molar refractivity (Wildman–Crippen MR) is 65.3 cm³/mol. The van der Waals surface area contributed by atoms with Crippen molar-refractivity contribution < 1.29 is 14.4 Å². The van der Waals surface area contributed by atoms with Crippen LogP contribution in [0.1, 0.15) is 5.69 Å². The van der Waals surface area contributed by atoms with Gasteiger partial charge in [0.2, 0.25) is 0 Å². The van der Waals surface area contributed by atoms with E-state index in [1.54, 1.807) is 19.3 Å². The van der Waals surface area contributed by atoms with E-state index in [-0.39, 0.29) is 6.42 Å². The number of hydrogen-bond acceptors (Lipinski definition) is 5. The van der Waals surface area contributed by atoms with Crippen molar-refractivity contribution in [3.8, 4) is 11.3 Å². The maximum Gasteiger partial charge on any atom is 0.309 e. The number of benzene rings is 1. The van der Waals surface area contributed by atoms with Gasteiger partial charge in [0.25, 0.3) is 0 Å². The molecule has 0 radical (unpaired) electrons. The molecule has 0 unspecified atom stereocenters. The first kappa shape index (κ1) is 11.4. The molecule has 0 amide bonds. The second-order valence-corrected chi connectivity index (χ2v) is 4.13. The van der Waals surface area contributed by atoms with Gasteiger partial charge in [-0.05, 0) is 18.2 Å². The summed E-state index contributed by atoms with van der Waals surface area (Å²) in [6, 6.07) is 5.40. The number of aromatic nitrogens is 4. The molecule has 0 saturated carbocycles. The lowest BCUT2D eigenvalue weighted by Crippen LogP contribution is -2.00. The largest absolute Gasteiger partial charge is 0.481 e. The number of aryl methyl sites for hydroxylation is 1. The summed E-state index contributed by atoms with van der Waals surface area (Å²) in [5.41, 5.74) is 2.53. The SMILES string of the molecule is Cn1ncc(-c2ccc3onc(CC(=O)O)c3c2)n1. The van der Waals surface area contributed by atoms with Gasteiger partial charge in [-0.3, -0.25) is 4.79 Å². The zero-order chi connectivity index (χ0) is 13.4. The Hall–Kier alpha value is -2.70. The number of hydrogen-bond donors (Lipinski definition) is 1. The van der Waals surface area contributed by atoms with E-state index >= 15 is 0 Å². The Labute approximate surface area is 107 Å². The van der Waals surface area contributed by atoms with Crippen molar-refractivity contribution in [1.29, 1.82) is 0 Å². The lowest BCUT2D eigenvalue weighted by atomic mass is 10.1. The molecule has 1 aromatic carbocycles. The third-order valence-electron chi connectivity index (χ3n) is 2.76. The predicted octanol–water partition coefficient (Wildman–Crippen LogP) is 1.25. The summed E-state index contributed by atoms with van der Waals surface area (Å²) in [6.45, 7) is 0. The zero-order valence-corrected chi connectivity index (χ0v) is 10.1. The standard InChI is InChI=1S/C12H10N4O3/c1-16-13-6-10(14-16)7-2-3-11-8(4-7)9(15-19-11)5-12(17)18/h2-4,6H,5H2,1H3,(H,17,18). The number of aliphatic carboxylic acids is 1. The van der Waals surface area contributed by atoms with Crippen LogP contribution in [0, 0.1) is 0 Å². The van der Waals surface area contributed by atoms with Crippen molar-refractivity contribution >= 4 is 16.9 Å². The average molecular weight is 258 g/mol. The fraction of sp³-hybridized carbons (Fsp3) is 0.167. The Balaban J connectivity index is 2.10. The number of fused-ring (bicyclic) bond motifs is 1. The van der Waals surface area contributed by atoms with Gasteiger partial charge < -0.3 is 9.63 Å². The summed E-state index contributed by atoms with van der Waals surface area (Å²) < 4.78 is 5.09. The molecule has 96 valence electrons. The molecule has 0 spiro atoms. The highest BCUT2D eigenvalue weighted by Crippen LogP contribution is 2.25. The molecule has 7 nitrogen and oxygen atoms in total. The third kappa shape index (κ3) is 2.05. The molecule has 0 saturated heterocycles. The van der Waals surface area contributed by atoms with Gasteiger partial charge in [-0.15, -0.1) is 0 Å². The maximum absolute atomic E-state index is 10.8. The van der Waals surface area contributed by atoms with Gasteiger partial charge in [0.15, 0.2) is 5.58 Å². The molecular weight excluding hydrogens is 248 g/mol. The van der Waals surface area contributed by atoms with Crippen LogP contribution in [0.2, 0.25) is 0 Å². The molecule has 3 aromatic rings. The quantitative estimate of drug-likeness (QED) is 0.759. The first-order valence-corrected chi connectivity index (χ1v) is 5.60. The van der Waals surface area contributed by atoms with Gasteiger partial charge >= 0.3 is 5.97 Å². The molecule has 19 heavy (non-hydrogen) atoms. The summed E-state index contributed by atoms with van der Waals surface area (Å²) in [7, 11) is 1.73. The maximum atomic E-state index is 10.8. The van der Waals surface area contributed by atoms with Crippen LogP contribution in [0.5, 0.6) is 0 Å². The van der Waals surface area contributed by atoms with E-state index in [0.717, 1.165) is 5.56 Å². The third-order valence-corrected chi connectivity index (χ3v) is 2.76. The van der Waals surface area contributed by atoms with E-state index in [1.165, 1.54) is 4.80 Å². The Kier molecular flexibility index (Phi) is 2.52.